The minimum Gasteiger partial charge on any atom is -0.507 e. The molecular weight excluding hydrogens is 428 g/mol. The second-order valence-corrected chi connectivity index (χ2v) is 7.74. The first-order valence-corrected chi connectivity index (χ1v) is 10.6. The van der Waals surface area contributed by atoms with Gasteiger partial charge in [0.15, 0.2) is 0 Å². The first kappa shape index (κ1) is 21.6. The third-order valence-corrected chi connectivity index (χ3v) is 5.37. The molecule has 1 saturated heterocycles. The van der Waals surface area contributed by atoms with Gasteiger partial charge in [0.2, 0.25) is 0 Å². The molecule has 1 aliphatic rings. The molecule has 1 atom stereocenters. The third-order valence-electron chi connectivity index (χ3n) is 5.13. The maximum absolute atomic E-state index is 13.1. The molecule has 6 nitrogen and oxygen atoms in total. The molecule has 1 N–H and O–H groups in total. The van der Waals surface area contributed by atoms with Crippen LogP contribution in [0.1, 0.15) is 30.5 Å². The topological polar surface area (TPSA) is 79.7 Å². The Balaban J connectivity index is 1.88. The molecule has 2 heterocycles. The van der Waals surface area contributed by atoms with Gasteiger partial charge in [-0.15, -0.1) is 0 Å². The number of hydrogen-bond acceptors (Lipinski definition) is 5. The van der Waals surface area contributed by atoms with Crippen molar-refractivity contribution in [2.24, 2.45) is 0 Å². The predicted octanol–water partition coefficient (Wildman–Crippen LogP) is 5.15. The van der Waals surface area contributed by atoms with E-state index in [4.69, 9.17) is 16.3 Å². The van der Waals surface area contributed by atoms with Gasteiger partial charge in [0.25, 0.3) is 11.7 Å². The zero-order valence-corrected chi connectivity index (χ0v) is 18.1. The number of aliphatic hydroxyl groups is 1. The van der Waals surface area contributed by atoms with E-state index in [0.717, 1.165) is 6.42 Å². The van der Waals surface area contributed by atoms with Gasteiger partial charge in [-0.25, -0.2) is 0 Å². The van der Waals surface area contributed by atoms with Crippen molar-refractivity contribution in [1.82, 2.24) is 4.98 Å². The Morgan fingerprint density at radius 2 is 1.84 bits per heavy atom. The Morgan fingerprint density at radius 1 is 1.09 bits per heavy atom. The molecule has 0 spiro atoms. The molecule has 1 amide bonds. The van der Waals surface area contributed by atoms with E-state index in [0.29, 0.717) is 34.2 Å². The molecule has 1 aliphatic heterocycles. The van der Waals surface area contributed by atoms with E-state index in [1.54, 1.807) is 73.1 Å². The zero-order valence-electron chi connectivity index (χ0n) is 17.4. The zero-order chi connectivity index (χ0) is 22.7. The van der Waals surface area contributed by atoms with Crippen LogP contribution in [0.15, 0.2) is 78.6 Å². The van der Waals surface area contributed by atoms with Gasteiger partial charge in [0.1, 0.15) is 11.5 Å². The molecule has 1 fully saturated rings. The number of pyridine rings is 1. The second kappa shape index (κ2) is 9.24. The van der Waals surface area contributed by atoms with E-state index >= 15 is 0 Å². The van der Waals surface area contributed by atoms with Crippen molar-refractivity contribution in [1.29, 1.82) is 0 Å². The first-order chi connectivity index (χ1) is 15.5. The van der Waals surface area contributed by atoms with Crippen molar-refractivity contribution in [2.45, 2.75) is 19.4 Å². The van der Waals surface area contributed by atoms with Crippen molar-refractivity contribution < 1.29 is 19.4 Å². The molecule has 0 aliphatic carbocycles. The van der Waals surface area contributed by atoms with Crippen LogP contribution in [-0.4, -0.2) is 28.4 Å². The average molecular weight is 449 g/mol. The summed E-state index contributed by atoms with van der Waals surface area (Å²) >= 11 is 6.15. The average Bonchev–Trinajstić information content (AvgIpc) is 3.08. The SMILES string of the molecule is CCCOc1cccc(/C(O)=C2\C(=O)C(=O)N(c3cccc(Cl)c3)C2c2ccncc2)c1. The van der Waals surface area contributed by atoms with Crippen molar-refractivity contribution in [2.75, 3.05) is 11.5 Å². The fourth-order valence-corrected chi connectivity index (χ4v) is 3.88. The highest BCUT2D eigenvalue weighted by molar-refractivity contribution is 6.51. The summed E-state index contributed by atoms with van der Waals surface area (Å²) < 4.78 is 5.65. The van der Waals surface area contributed by atoms with E-state index in [2.05, 4.69) is 4.98 Å². The predicted molar refractivity (Wildman–Crippen MR) is 123 cm³/mol. The van der Waals surface area contributed by atoms with Gasteiger partial charge in [-0.1, -0.05) is 36.7 Å². The third kappa shape index (κ3) is 4.09. The van der Waals surface area contributed by atoms with Gasteiger partial charge < -0.3 is 9.84 Å². The summed E-state index contributed by atoms with van der Waals surface area (Å²) in [6.07, 6.45) is 3.99. The quantitative estimate of drug-likeness (QED) is 0.320. The Kier molecular flexibility index (Phi) is 6.23. The lowest BCUT2D eigenvalue weighted by atomic mass is 9.95. The molecule has 0 saturated carbocycles. The summed E-state index contributed by atoms with van der Waals surface area (Å²) in [5, 5.41) is 11.6. The number of carbonyl (C=O) groups excluding carboxylic acids is 2. The summed E-state index contributed by atoms with van der Waals surface area (Å²) in [6, 6.07) is 16.1. The van der Waals surface area contributed by atoms with Crippen LogP contribution in [0.3, 0.4) is 0 Å². The van der Waals surface area contributed by atoms with Crippen LogP contribution in [0, 0.1) is 0 Å². The van der Waals surface area contributed by atoms with Gasteiger partial charge in [-0.05, 0) is 54.4 Å². The van der Waals surface area contributed by atoms with Gasteiger partial charge in [0.05, 0.1) is 18.2 Å². The fraction of sp³-hybridized carbons (Fsp3) is 0.160. The van der Waals surface area contributed by atoms with Crippen molar-refractivity contribution >= 4 is 34.7 Å². The normalized spacial score (nSPS) is 17.6. The molecule has 1 aromatic heterocycles. The van der Waals surface area contributed by atoms with Crippen molar-refractivity contribution in [3.8, 4) is 5.75 Å². The number of nitrogens with zero attached hydrogens (tertiary/aromatic N) is 2. The fourth-order valence-electron chi connectivity index (χ4n) is 3.69. The molecule has 2 aromatic carbocycles. The van der Waals surface area contributed by atoms with E-state index in [1.807, 2.05) is 6.92 Å². The minimum atomic E-state index is -0.836. The van der Waals surface area contributed by atoms with Crippen LogP contribution in [0.4, 0.5) is 5.69 Å². The Labute approximate surface area is 190 Å². The highest BCUT2D eigenvalue weighted by Crippen LogP contribution is 2.42. The number of Topliss-reactive ketones (excluding diaryl/α,β-unsaturated/α-hetero) is 1. The minimum absolute atomic E-state index is 0.00572. The molecule has 3 aromatic rings. The van der Waals surface area contributed by atoms with Crippen LogP contribution < -0.4 is 9.64 Å². The molecule has 0 radical (unpaired) electrons. The molecule has 162 valence electrons. The molecule has 32 heavy (non-hydrogen) atoms. The number of amides is 1. The number of ether oxygens (including phenoxy) is 1. The number of halogens is 1. The van der Waals surface area contributed by atoms with Gasteiger partial charge in [-0.2, -0.15) is 0 Å². The number of benzene rings is 2. The van der Waals surface area contributed by atoms with E-state index in [9.17, 15) is 14.7 Å². The van der Waals surface area contributed by atoms with Gasteiger partial charge >= 0.3 is 0 Å². The number of aromatic nitrogens is 1. The van der Waals surface area contributed by atoms with Gasteiger partial charge in [-0.3, -0.25) is 19.5 Å². The Morgan fingerprint density at radius 3 is 2.56 bits per heavy atom. The highest BCUT2D eigenvalue weighted by atomic mass is 35.5. The highest BCUT2D eigenvalue weighted by Gasteiger charge is 2.47. The van der Waals surface area contributed by atoms with Crippen molar-refractivity contribution in [3.63, 3.8) is 0 Å². The molecule has 4 rings (SSSR count). The van der Waals surface area contributed by atoms with Crippen LogP contribution in [0.5, 0.6) is 5.75 Å². The first-order valence-electron chi connectivity index (χ1n) is 10.2. The van der Waals surface area contributed by atoms with Crippen LogP contribution in [0.25, 0.3) is 5.76 Å². The monoisotopic (exact) mass is 448 g/mol. The smallest absolute Gasteiger partial charge is 0.300 e. The van der Waals surface area contributed by atoms with E-state index in [-0.39, 0.29) is 11.3 Å². The second-order valence-electron chi connectivity index (χ2n) is 7.31. The number of carbonyl (C=O) groups is 2. The summed E-state index contributed by atoms with van der Waals surface area (Å²) in [6.45, 7) is 2.52. The summed E-state index contributed by atoms with van der Waals surface area (Å²) in [7, 11) is 0. The van der Waals surface area contributed by atoms with Gasteiger partial charge in [0, 0.05) is 28.7 Å². The maximum atomic E-state index is 13.1. The largest absolute Gasteiger partial charge is 0.507 e. The lowest BCUT2D eigenvalue weighted by Gasteiger charge is -2.25. The summed E-state index contributed by atoms with van der Waals surface area (Å²) in [4.78, 5) is 31.6. The van der Waals surface area contributed by atoms with Crippen LogP contribution in [-0.2, 0) is 9.59 Å². The molecular formula is C25H21ClN2O4. The number of ketones is 1. The summed E-state index contributed by atoms with van der Waals surface area (Å²) in [5.41, 5.74) is 1.48. The molecule has 0 bridgehead atoms. The van der Waals surface area contributed by atoms with Crippen LogP contribution >= 0.6 is 11.6 Å². The maximum Gasteiger partial charge on any atom is 0.300 e. The Hall–Kier alpha value is -3.64. The number of anilines is 1. The number of aliphatic hydroxyl groups excluding tert-OH is 1. The number of hydrogen-bond donors (Lipinski definition) is 1. The standard InChI is InChI=1S/C25H21ClN2O4/c1-2-13-32-20-8-3-5-17(14-20)23(29)21-22(16-9-11-27-12-10-16)28(25(31)24(21)30)19-7-4-6-18(26)15-19/h3-12,14-15,22,29H,2,13H2,1H3/b23-21+. The van der Waals surface area contributed by atoms with Crippen LogP contribution in [0.2, 0.25) is 5.02 Å². The van der Waals surface area contributed by atoms with E-state index in [1.165, 1.54) is 4.90 Å². The molecule has 7 heteroatoms. The molecule has 1 unspecified atom stereocenters. The van der Waals surface area contributed by atoms with E-state index < -0.39 is 17.7 Å². The van der Waals surface area contributed by atoms with Crippen molar-refractivity contribution in [3.05, 3.63) is 94.8 Å². The number of rotatable bonds is 6. The lowest BCUT2D eigenvalue weighted by molar-refractivity contribution is -0.132. The Bertz CT molecular complexity index is 1190. The lowest BCUT2D eigenvalue weighted by Crippen LogP contribution is -2.29. The summed E-state index contributed by atoms with van der Waals surface area (Å²) in [5.74, 6) is -1.21.